The van der Waals surface area contributed by atoms with Gasteiger partial charge in [-0.1, -0.05) is 36.6 Å². The van der Waals surface area contributed by atoms with Crippen molar-refractivity contribution in [3.63, 3.8) is 0 Å². The summed E-state index contributed by atoms with van der Waals surface area (Å²) in [6.45, 7) is 0.518. The quantitative estimate of drug-likeness (QED) is 0.646. The van der Waals surface area contributed by atoms with Gasteiger partial charge < -0.3 is 11.1 Å². The fourth-order valence-corrected chi connectivity index (χ4v) is 3.70. The number of aliphatic imine (C=N–C) groups is 1. The minimum absolute atomic E-state index is 0.179. The number of pyridine rings is 1. The molecule has 3 N–H and O–H groups in total. The fourth-order valence-electron chi connectivity index (χ4n) is 3.33. The molecule has 1 aromatic carbocycles. The Morgan fingerprint density at radius 1 is 1.29 bits per heavy atom. The highest BCUT2D eigenvalue weighted by molar-refractivity contribution is 6.31. The van der Waals surface area contributed by atoms with Gasteiger partial charge in [-0.2, -0.15) is 0 Å². The van der Waals surface area contributed by atoms with E-state index in [1.165, 1.54) is 12.1 Å². The standard InChI is InChI=1S/C18H20ClFN4/c19-15-11-13(20)6-7-14(15)18(8-2-3-9-18)12-23-17(21)24-16-5-1-4-10-22-16/h1,4-7,10-11H,2-3,8-9,12H2,(H3,21,22,23,24). The monoisotopic (exact) mass is 346 g/mol. The molecule has 1 aliphatic carbocycles. The van der Waals surface area contributed by atoms with E-state index in [4.69, 9.17) is 17.3 Å². The summed E-state index contributed by atoms with van der Waals surface area (Å²) in [6, 6.07) is 10.1. The zero-order valence-corrected chi connectivity index (χ0v) is 14.1. The fraction of sp³-hybridized carbons (Fsp3) is 0.333. The molecular weight excluding hydrogens is 327 g/mol. The summed E-state index contributed by atoms with van der Waals surface area (Å²) in [7, 11) is 0. The maximum Gasteiger partial charge on any atom is 0.194 e. The first-order valence-electron chi connectivity index (χ1n) is 8.03. The number of hydrogen-bond donors (Lipinski definition) is 2. The summed E-state index contributed by atoms with van der Waals surface area (Å²) in [5, 5.41) is 3.44. The smallest absolute Gasteiger partial charge is 0.194 e. The third-order valence-electron chi connectivity index (χ3n) is 4.54. The number of guanidine groups is 1. The molecule has 1 saturated carbocycles. The summed E-state index contributed by atoms with van der Waals surface area (Å²) in [6.07, 6.45) is 5.84. The van der Waals surface area contributed by atoms with Gasteiger partial charge in [0.15, 0.2) is 5.96 Å². The van der Waals surface area contributed by atoms with Gasteiger partial charge in [-0.3, -0.25) is 4.99 Å². The molecule has 0 amide bonds. The van der Waals surface area contributed by atoms with Gasteiger partial charge in [0, 0.05) is 16.6 Å². The molecule has 2 aromatic rings. The zero-order valence-electron chi connectivity index (χ0n) is 13.3. The van der Waals surface area contributed by atoms with Gasteiger partial charge in [-0.05, 0) is 42.7 Å². The number of nitrogens with one attached hydrogen (secondary N) is 1. The van der Waals surface area contributed by atoms with Gasteiger partial charge in [-0.15, -0.1) is 0 Å². The van der Waals surface area contributed by atoms with Gasteiger partial charge in [0.05, 0.1) is 6.54 Å². The normalized spacial score (nSPS) is 17.0. The predicted molar refractivity (Wildman–Crippen MR) is 95.9 cm³/mol. The minimum atomic E-state index is -0.322. The second-order valence-corrected chi connectivity index (χ2v) is 6.56. The van der Waals surface area contributed by atoms with Crippen LogP contribution >= 0.6 is 11.6 Å². The van der Waals surface area contributed by atoms with Crippen molar-refractivity contribution in [2.75, 3.05) is 11.9 Å². The summed E-state index contributed by atoms with van der Waals surface area (Å²) in [5.41, 5.74) is 6.77. The maximum atomic E-state index is 13.4. The van der Waals surface area contributed by atoms with Crippen molar-refractivity contribution in [2.24, 2.45) is 10.7 Å². The molecule has 1 aromatic heterocycles. The van der Waals surface area contributed by atoms with E-state index >= 15 is 0 Å². The Morgan fingerprint density at radius 3 is 2.75 bits per heavy atom. The average Bonchev–Trinajstić information content (AvgIpc) is 3.04. The second kappa shape index (κ2) is 7.18. The third-order valence-corrected chi connectivity index (χ3v) is 4.85. The topological polar surface area (TPSA) is 63.3 Å². The predicted octanol–water partition coefficient (Wildman–Crippen LogP) is 4.11. The van der Waals surface area contributed by atoms with Crippen LogP contribution in [0.1, 0.15) is 31.2 Å². The lowest BCUT2D eigenvalue weighted by molar-refractivity contribution is 0.453. The number of nitrogens with zero attached hydrogens (tertiary/aromatic N) is 2. The first-order valence-corrected chi connectivity index (χ1v) is 8.40. The number of benzene rings is 1. The zero-order chi connectivity index (χ0) is 17.0. The maximum absolute atomic E-state index is 13.4. The van der Waals surface area contributed by atoms with Crippen LogP contribution in [0.15, 0.2) is 47.6 Å². The van der Waals surface area contributed by atoms with Crippen LogP contribution in [0.4, 0.5) is 10.2 Å². The minimum Gasteiger partial charge on any atom is -0.370 e. The molecule has 6 heteroatoms. The van der Waals surface area contributed by atoms with Crippen LogP contribution in [0.25, 0.3) is 0 Å². The van der Waals surface area contributed by atoms with Crippen LogP contribution in [0.2, 0.25) is 5.02 Å². The van der Waals surface area contributed by atoms with Crippen LogP contribution in [0.3, 0.4) is 0 Å². The van der Waals surface area contributed by atoms with E-state index in [1.807, 2.05) is 18.2 Å². The molecule has 0 spiro atoms. The van der Waals surface area contributed by atoms with Crippen LogP contribution in [-0.4, -0.2) is 17.5 Å². The second-order valence-electron chi connectivity index (χ2n) is 6.15. The number of hydrogen-bond acceptors (Lipinski definition) is 2. The van der Waals surface area contributed by atoms with Crippen molar-refractivity contribution in [3.8, 4) is 0 Å². The first kappa shape index (κ1) is 16.7. The molecule has 4 nitrogen and oxygen atoms in total. The Balaban J connectivity index is 1.80. The molecule has 0 bridgehead atoms. The van der Waals surface area contributed by atoms with Gasteiger partial charge in [0.1, 0.15) is 11.6 Å². The van der Waals surface area contributed by atoms with Crippen molar-refractivity contribution in [2.45, 2.75) is 31.1 Å². The lowest BCUT2D eigenvalue weighted by atomic mass is 9.79. The number of halogens is 2. The van der Waals surface area contributed by atoms with Crippen LogP contribution in [0.5, 0.6) is 0 Å². The summed E-state index contributed by atoms with van der Waals surface area (Å²) >= 11 is 6.30. The molecule has 1 aliphatic rings. The van der Waals surface area contributed by atoms with E-state index in [-0.39, 0.29) is 11.2 Å². The molecule has 0 aliphatic heterocycles. The van der Waals surface area contributed by atoms with Crippen LogP contribution in [0, 0.1) is 5.82 Å². The highest BCUT2D eigenvalue weighted by Crippen LogP contribution is 2.44. The van der Waals surface area contributed by atoms with Gasteiger partial charge in [0.2, 0.25) is 0 Å². The molecule has 24 heavy (non-hydrogen) atoms. The van der Waals surface area contributed by atoms with E-state index in [1.54, 1.807) is 12.3 Å². The Morgan fingerprint density at radius 2 is 2.08 bits per heavy atom. The first-order chi connectivity index (χ1) is 11.6. The molecule has 0 radical (unpaired) electrons. The summed E-state index contributed by atoms with van der Waals surface area (Å²) in [5.74, 6) is 0.647. The van der Waals surface area contributed by atoms with Crippen LogP contribution in [-0.2, 0) is 5.41 Å². The van der Waals surface area contributed by atoms with Crippen molar-refractivity contribution in [3.05, 3.63) is 59.0 Å². The molecule has 126 valence electrons. The third kappa shape index (κ3) is 3.67. The Bertz CT molecular complexity index is 727. The van der Waals surface area contributed by atoms with Gasteiger partial charge in [0.25, 0.3) is 0 Å². The van der Waals surface area contributed by atoms with E-state index in [0.29, 0.717) is 23.3 Å². The van der Waals surface area contributed by atoms with E-state index in [9.17, 15) is 4.39 Å². The molecule has 0 atom stereocenters. The Kier molecular flexibility index (Phi) is 5.00. The molecule has 0 unspecified atom stereocenters. The van der Waals surface area contributed by atoms with E-state index in [0.717, 1.165) is 31.2 Å². The van der Waals surface area contributed by atoms with Crippen molar-refractivity contribution in [1.29, 1.82) is 0 Å². The summed E-state index contributed by atoms with van der Waals surface area (Å²) in [4.78, 5) is 8.67. The Labute approximate surface area is 146 Å². The number of anilines is 1. The number of aromatic nitrogens is 1. The van der Waals surface area contributed by atoms with Gasteiger partial charge in [-0.25, -0.2) is 9.37 Å². The lowest BCUT2D eigenvalue weighted by Gasteiger charge is -2.29. The van der Waals surface area contributed by atoms with Crippen molar-refractivity contribution < 1.29 is 4.39 Å². The largest absolute Gasteiger partial charge is 0.370 e. The molecule has 1 fully saturated rings. The highest BCUT2D eigenvalue weighted by Gasteiger charge is 2.37. The van der Waals surface area contributed by atoms with E-state index in [2.05, 4.69) is 15.3 Å². The molecular formula is C18H20ClFN4. The molecule has 1 heterocycles. The highest BCUT2D eigenvalue weighted by atomic mass is 35.5. The lowest BCUT2D eigenvalue weighted by Crippen LogP contribution is -2.30. The Hall–Kier alpha value is -2.14. The number of nitrogens with two attached hydrogens (primary N) is 1. The SMILES string of the molecule is NC(=NCC1(c2ccc(F)cc2Cl)CCCC1)Nc1ccccn1. The number of rotatable bonds is 4. The average molecular weight is 347 g/mol. The van der Waals surface area contributed by atoms with Crippen molar-refractivity contribution in [1.82, 2.24) is 4.98 Å². The van der Waals surface area contributed by atoms with E-state index < -0.39 is 0 Å². The van der Waals surface area contributed by atoms with Crippen LogP contribution < -0.4 is 11.1 Å². The molecule has 0 saturated heterocycles. The molecule has 3 rings (SSSR count). The summed E-state index contributed by atoms with van der Waals surface area (Å²) < 4.78 is 13.4. The van der Waals surface area contributed by atoms with Crippen molar-refractivity contribution >= 4 is 23.4 Å². The van der Waals surface area contributed by atoms with Gasteiger partial charge >= 0.3 is 0 Å².